The quantitative estimate of drug-likeness (QED) is 0.555. The molecule has 0 spiro atoms. The fourth-order valence-corrected chi connectivity index (χ4v) is 3.48. The zero-order chi connectivity index (χ0) is 22.1. The number of carbonyl (C=O) groups excluding carboxylic acids is 1. The average Bonchev–Trinajstić information content (AvgIpc) is 3.23. The monoisotopic (exact) mass is 428 g/mol. The predicted octanol–water partition coefficient (Wildman–Crippen LogP) is 3.53. The van der Waals surface area contributed by atoms with Gasteiger partial charge in [-0.1, -0.05) is 54.5 Å². The van der Waals surface area contributed by atoms with Crippen molar-refractivity contribution in [3.8, 4) is 0 Å². The summed E-state index contributed by atoms with van der Waals surface area (Å²) in [4.78, 5) is 19.2. The van der Waals surface area contributed by atoms with Crippen LogP contribution in [0.2, 0.25) is 0 Å². The number of aliphatic hydroxyl groups excluding tert-OH is 1. The van der Waals surface area contributed by atoms with Crippen LogP contribution in [-0.4, -0.2) is 53.6 Å². The number of aliphatic hydroxyl groups is 1. The molecule has 1 heterocycles. The summed E-state index contributed by atoms with van der Waals surface area (Å²) in [6, 6.07) is 16.1. The number of rotatable bonds is 11. The van der Waals surface area contributed by atoms with Crippen molar-refractivity contribution in [1.82, 2.24) is 4.90 Å². The number of halogens is 1. The van der Waals surface area contributed by atoms with Gasteiger partial charge in [0, 0.05) is 32.5 Å². The summed E-state index contributed by atoms with van der Waals surface area (Å²) in [5.41, 5.74) is 2.83. The highest BCUT2D eigenvalue weighted by Crippen LogP contribution is 2.19. The van der Waals surface area contributed by atoms with Crippen LogP contribution in [0.3, 0.4) is 0 Å². The number of hydrogen-bond acceptors (Lipinski definition) is 6. The van der Waals surface area contributed by atoms with E-state index < -0.39 is 6.10 Å². The summed E-state index contributed by atoms with van der Waals surface area (Å²) >= 11 is 0. The maximum absolute atomic E-state index is 13.3. The molecular weight excluding hydrogens is 399 g/mol. The predicted molar refractivity (Wildman–Crippen MR) is 116 cm³/mol. The Morgan fingerprint density at radius 3 is 2.71 bits per heavy atom. The molecule has 0 saturated heterocycles. The molecule has 0 aromatic heterocycles. The third-order valence-electron chi connectivity index (χ3n) is 4.98. The van der Waals surface area contributed by atoms with Crippen molar-refractivity contribution in [2.24, 2.45) is 5.16 Å². The normalized spacial score (nSPS) is 16.6. The van der Waals surface area contributed by atoms with Gasteiger partial charge in [0.25, 0.3) is 0 Å². The molecule has 0 fully saturated rings. The molecule has 1 aliphatic rings. The fourth-order valence-electron chi connectivity index (χ4n) is 3.48. The van der Waals surface area contributed by atoms with E-state index in [-0.39, 0.29) is 31.0 Å². The van der Waals surface area contributed by atoms with Crippen LogP contribution in [0.4, 0.5) is 4.39 Å². The summed E-state index contributed by atoms with van der Waals surface area (Å²) in [5.74, 6) is -0.607. The summed E-state index contributed by atoms with van der Waals surface area (Å²) in [7, 11) is 0. The zero-order valence-electron chi connectivity index (χ0n) is 17.7. The molecule has 7 heteroatoms. The zero-order valence-corrected chi connectivity index (χ0v) is 17.7. The first-order valence-electron chi connectivity index (χ1n) is 10.6. The highest BCUT2D eigenvalue weighted by atomic mass is 19.1. The largest absolute Gasteiger partial charge is 0.463 e. The van der Waals surface area contributed by atoms with Crippen molar-refractivity contribution in [1.29, 1.82) is 0 Å². The molecule has 2 atom stereocenters. The van der Waals surface area contributed by atoms with Gasteiger partial charge < -0.3 is 14.7 Å². The second-order valence-corrected chi connectivity index (χ2v) is 7.74. The number of carbonyl (C=O) groups is 1. The summed E-state index contributed by atoms with van der Waals surface area (Å²) in [6.45, 7) is 3.15. The Labute approximate surface area is 182 Å². The van der Waals surface area contributed by atoms with E-state index in [1.54, 1.807) is 12.1 Å². The lowest BCUT2D eigenvalue weighted by molar-refractivity contribution is -0.147. The van der Waals surface area contributed by atoms with Gasteiger partial charge in [-0.25, -0.2) is 4.39 Å². The van der Waals surface area contributed by atoms with Gasteiger partial charge in [0.15, 0.2) is 0 Å². The molecule has 0 unspecified atom stereocenters. The molecule has 0 bridgehead atoms. The van der Waals surface area contributed by atoms with E-state index >= 15 is 0 Å². The van der Waals surface area contributed by atoms with E-state index in [0.29, 0.717) is 32.4 Å². The summed E-state index contributed by atoms with van der Waals surface area (Å²) < 4.78 is 18.4. The van der Waals surface area contributed by atoms with Crippen LogP contribution in [0.1, 0.15) is 37.3 Å². The van der Waals surface area contributed by atoms with Gasteiger partial charge in [-0.2, -0.15) is 0 Å². The number of nitrogens with zero attached hydrogens (tertiary/aromatic N) is 2. The summed E-state index contributed by atoms with van der Waals surface area (Å²) in [5, 5.41) is 14.6. The standard InChI is InChI=1S/C24H29FN2O4/c1-2-6-24(29)30-17-21(28)15-27(14-18-9-11-20(25)12-10-18)16-22-13-23(26-31-22)19-7-4-3-5-8-19/h3-5,7-12,21-22,28H,2,6,13-17H2,1H3/t21-,22-/m1/s1. The second-order valence-electron chi connectivity index (χ2n) is 7.74. The first kappa shape index (κ1) is 22.9. The van der Waals surface area contributed by atoms with Crippen molar-refractivity contribution < 1.29 is 23.9 Å². The summed E-state index contributed by atoms with van der Waals surface area (Å²) in [6.07, 6.45) is 0.698. The van der Waals surface area contributed by atoms with Crippen LogP contribution < -0.4 is 0 Å². The van der Waals surface area contributed by atoms with Crippen molar-refractivity contribution in [3.63, 3.8) is 0 Å². The maximum Gasteiger partial charge on any atom is 0.305 e. The molecule has 6 nitrogen and oxygen atoms in total. The van der Waals surface area contributed by atoms with Crippen LogP contribution in [0.5, 0.6) is 0 Å². The second kappa shape index (κ2) is 11.6. The van der Waals surface area contributed by atoms with Gasteiger partial charge in [0.2, 0.25) is 0 Å². The molecule has 166 valence electrons. The van der Waals surface area contributed by atoms with Crippen molar-refractivity contribution in [3.05, 3.63) is 71.5 Å². The van der Waals surface area contributed by atoms with E-state index in [1.807, 2.05) is 42.2 Å². The highest BCUT2D eigenvalue weighted by molar-refractivity contribution is 6.01. The van der Waals surface area contributed by atoms with E-state index in [4.69, 9.17) is 9.57 Å². The highest BCUT2D eigenvalue weighted by Gasteiger charge is 2.26. The molecular formula is C24H29FN2O4. The van der Waals surface area contributed by atoms with Crippen molar-refractivity contribution in [2.75, 3.05) is 19.7 Å². The van der Waals surface area contributed by atoms with Crippen LogP contribution >= 0.6 is 0 Å². The fraction of sp³-hybridized carbons (Fsp3) is 0.417. The van der Waals surface area contributed by atoms with Gasteiger partial charge >= 0.3 is 5.97 Å². The Bertz CT molecular complexity index is 858. The Hall–Kier alpha value is -2.77. The molecule has 2 aromatic rings. The molecule has 31 heavy (non-hydrogen) atoms. The third kappa shape index (κ3) is 7.45. The van der Waals surface area contributed by atoms with Crippen LogP contribution in [0, 0.1) is 5.82 Å². The average molecular weight is 429 g/mol. The van der Waals surface area contributed by atoms with E-state index in [0.717, 1.165) is 16.8 Å². The van der Waals surface area contributed by atoms with Gasteiger partial charge in [-0.15, -0.1) is 0 Å². The molecule has 0 aliphatic carbocycles. The lowest BCUT2D eigenvalue weighted by Gasteiger charge is -2.27. The number of oxime groups is 1. The third-order valence-corrected chi connectivity index (χ3v) is 4.98. The molecule has 0 radical (unpaired) electrons. The first-order chi connectivity index (χ1) is 15.0. The van der Waals surface area contributed by atoms with Crippen LogP contribution in [-0.2, 0) is 20.9 Å². The lowest BCUT2D eigenvalue weighted by atomic mass is 10.0. The van der Waals surface area contributed by atoms with Crippen LogP contribution in [0.15, 0.2) is 59.8 Å². The van der Waals surface area contributed by atoms with E-state index in [1.165, 1.54) is 12.1 Å². The van der Waals surface area contributed by atoms with Gasteiger partial charge in [0.05, 0.1) is 5.71 Å². The smallest absolute Gasteiger partial charge is 0.305 e. The van der Waals surface area contributed by atoms with Gasteiger partial charge in [0.1, 0.15) is 24.6 Å². The van der Waals surface area contributed by atoms with E-state index in [2.05, 4.69) is 5.16 Å². The number of hydrogen-bond donors (Lipinski definition) is 1. The van der Waals surface area contributed by atoms with Crippen molar-refractivity contribution in [2.45, 2.75) is 44.9 Å². The Balaban J connectivity index is 1.59. The van der Waals surface area contributed by atoms with Crippen molar-refractivity contribution >= 4 is 11.7 Å². The number of ether oxygens (including phenoxy) is 1. The Morgan fingerprint density at radius 2 is 2.00 bits per heavy atom. The minimum absolute atomic E-state index is 0.0595. The number of esters is 1. The first-order valence-corrected chi connectivity index (χ1v) is 10.6. The maximum atomic E-state index is 13.3. The molecule has 1 N–H and O–H groups in total. The molecule has 1 aliphatic heterocycles. The minimum atomic E-state index is -0.836. The number of benzene rings is 2. The molecule has 3 rings (SSSR count). The topological polar surface area (TPSA) is 71.4 Å². The SMILES string of the molecule is CCCC(=O)OC[C@H](O)CN(Cc1ccc(F)cc1)C[C@H]1CC(c2ccccc2)=NO1. The van der Waals surface area contributed by atoms with Gasteiger partial charge in [-0.05, 0) is 29.7 Å². The minimum Gasteiger partial charge on any atom is -0.463 e. The molecule has 0 amide bonds. The Kier molecular flexibility index (Phi) is 8.55. The Morgan fingerprint density at radius 1 is 1.26 bits per heavy atom. The molecule has 0 saturated carbocycles. The van der Waals surface area contributed by atoms with E-state index in [9.17, 15) is 14.3 Å². The molecule has 2 aromatic carbocycles. The van der Waals surface area contributed by atoms with Gasteiger partial charge in [-0.3, -0.25) is 9.69 Å². The van der Waals surface area contributed by atoms with Crippen LogP contribution in [0.25, 0.3) is 0 Å². The lowest BCUT2D eigenvalue weighted by Crippen LogP contribution is -2.39.